The molecule has 20 heavy (non-hydrogen) atoms. The van der Waals surface area contributed by atoms with E-state index in [2.05, 4.69) is 35.4 Å². The normalized spacial score (nSPS) is 20.1. The lowest BCUT2D eigenvalue weighted by Crippen LogP contribution is -2.26. The first-order valence-corrected chi connectivity index (χ1v) is 7.16. The Morgan fingerprint density at radius 2 is 2.20 bits per heavy atom. The van der Waals surface area contributed by atoms with Gasteiger partial charge in [0.25, 0.3) is 0 Å². The van der Waals surface area contributed by atoms with E-state index >= 15 is 0 Å². The minimum Gasteiger partial charge on any atom is -0.465 e. The molecule has 0 N–H and O–H groups in total. The Balaban J connectivity index is 1.93. The zero-order valence-electron chi connectivity index (χ0n) is 12.8. The van der Waals surface area contributed by atoms with Crippen molar-refractivity contribution in [3.05, 3.63) is 29.6 Å². The van der Waals surface area contributed by atoms with Gasteiger partial charge in [0, 0.05) is 19.3 Å². The second-order valence-corrected chi connectivity index (χ2v) is 6.62. The van der Waals surface area contributed by atoms with Crippen molar-refractivity contribution >= 4 is 5.97 Å². The van der Waals surface area contributed by atoms with Gasteiger partial charge in [0.2, 0.25) is 0 Å². The number of rotatable bonds is 3. The van der Waals surface area contributed by atoms with Gasteiger partial charge in [-0.25, -0.2) is 4.79 Å². The predicted octanol–water partition coefficient (Wildman–Crippen LogP) is 2.74. The maximum Gasteiger partial charge on any atom is 0.339 e. The summed E-state index contributed by atoms with van der Waals surface area (Å²) in [6.45, 7) is 10.0. The summed E-state index contributed by atoms with van der Waals surface area (Å²) in [6.07, 6.45) is 2.85. The Hall–Kier alpha value is -1.42. The molecule has 1 fully saturated rings. The molecule has 1 saturated heterocycles. The van der Waals surface area contributed by atoms with Crippen LogP contribution < -0.4 is 0 Å². The fourth-order valence-corrected chi connectivity index (χ4v) is 2.67. The molecule has 4 nitrogen and oxygen atoms in total. The third kappa shape index (κ3) is 3.57. The van der Waals surface area contributed by atoms with E-state index in [-0.39, 0.29) is 5.97 Å². The van der Waals surface area contributed by atoms with Gasteiger partial charge in [0.05, 0.1) is 18.4 Å². The highest BCUT2D eigenvalue weighted by molar-refractivity contribution is 5.88. The quantitative estimate of drug-likeness (QED) is 0.796. The number of carbonyl (C=O) groups excluding carboxylic acids is 1. The van der Waals surface area contributed by atoms with Gasteiger partial charge in [0.1, 0.15) is 0 Å². The standard InChI is InChI=1S/C16H24N2O2/c1-16(2,3)13-7-8-18(10-13)11-14-6-5-12(9-17-14)15(19)20-4/h5-6,9,13H,7-8,10-11H2,1-4H3. The highest BCUT2D eigenvalue weighted by atomic mass is 16.5. The number of aromatic nitrogens is 1. The van der Waals surface area contributed by atoms with E-state index in [4.69, 9.17) is 0 Å². The van der Waals surface area contributed by atoms with Gasteiger partial charge in [-0.15, -0.1) is 0 Å². The minimum absolute atomic E-state index is 0.335. The number of esters is 1. The van der Waals surface area contributed by atoms with Gasteiger partial charge in [-0.3, -0.25) is 9.88 Å². The van der Waals surface area contributed by atoms with Crippen molar-refractivity contribution in [1.29, 1.82) is 0 Å². The first-order valence-electron chi connectivity index (χ1n) is 7.16. The summed E-state index contributed by atoms with van der Waals surface area (Å²) in [5.74, 6) is 0.412. The van der Waals surface area contributed by atoms with Crippen molar-refractivity contribution in [3.63, 3.8) is 0 Å². The predicted molar refractivity (Wildman–Crippen MR) is 78.4 cm³/mol. The highest BCUT2D eigenvalue weighted by Gasteiger charge is 2.31. The third-order valence-corrected chi connectivity index (χ3v) is 4.13. The average molecular weight is 276 g/mol. The van der Waals surface area contributed by atoms with Crippen LogP contribution in [0.2, 0.25) is 0 Å². The van der Waals surface area contributed by atoms with Gasteiger partial charge >= 0.3 is 5.97 Å². The Labute approximate surface area is 121 Å². The number of likely N-dealkylation sites (tertiary alicyclic amines) is 1. The summed E-state index contributed by atoms with van der Waals surface area (Å²) in [7, 11) is 1.38. The number of hydrogen-bond acceptors (Lipinski definition) is 4. The Morgan fingerprint density at radius 3 is 2.70 bits per heavy atom. The van der Waals surface area contributed by atoms with E-state index < -0.39 is 0 Å². The van der Waals surface area contributed by atoms with Crippen LogP contribution in [0.4, 0.5) is 0 Å². The Bertz CT molecular complexity index is 462. The molecule has 0 saturated carbocycles. The fourth-order valence-electron chi connectivity index (χ4n) is 2.67. The molecule has 1 unspecified atom stereocenters. The molecule has 1 atom stereocenters. The van der Waals surface area contributed by atoms with Gasteiger partial charge in [0.15, 0.2) is 0 Å². The smallest absolute Gasteiger partial charge is 0.339 e. The monoisotopic (exact) mass is 276 g/mol. The van der Waals surface area contributed by atoms with Crippen LogP contribution in [-0.2, 0) is 11.3 Å². The van der Waals surface area contributed by atoms with Crippen LogP contribution in [0, 0.1) is 11.3 Å². The second kappa shape index (κ2) is 5.92. The summed E-state index contributed by atoms with van der Waals surface area (Å²) in [4.78, 5) is 18.1. The van der Waals surface area contributed by atoms with Crippen molar-refractivity contribution in [1.82, 2.24) is 9.88 Å². The van der Waals surface area contributed by atoms with E-state index in [1.165, 1.54) is 13.5 Å². The second-order valence-electron chi connectivity index (χ2n) is 6.62. The number of hydrogen-bond donors (Lipinski definition) is 0. The highest BCUT2D eigenvalue weighted by Crippen LogP contribution is 2.33. The van der Waals surface area contributed by atoms with Crippen LogP contribution in [0.3, 0.4) is 0 Å². The first-order chi connectivity index (χ1) is 9.40. The number of methoxy groups -OCH3 is 1. The lowest BCUT2D eigenvalue weighted by atomic mass is 9.80. The summed E-state index contributed by atoms with van der Waals surface area (Å²) >= 11 is 0. The zero-order valence-corrected chi connectivity index (χ0v) is 12.8. The molecule has 1 aromatic heterocycles. The molecule has 2 heterocycles. The van der Waals surface area contributed by atoms with E-state index in [1.54, 1.807) is 12.3 Å². The summed E-state index contributed by atoms with van der Waals surface area (Å²) in [6, 6.07) is 3.70. The Kier molecular flexibility index (Phi) is 4.43. The molecule has 1 aliphatic heterocycles. The Morgan fingerprint density at radius 1 is 1.45 bits per heavy atom. The number of carbonyl (C=O) groups is 1. The molecular formula is C16H24N2O2. The van der Waals surface area contributed by atoms with Crippen molar-refractivity contribution < 1.29 is 9.53 Å². The van der Waals surface area contributed by atoms with Gasteiger partial charge in [-0.05, 0) is 36.4 Å². The lowest BCUT2D eigenvalue weighted by Gasteiger charge is -2.27. The molecule has 1 aliphatic rings. The average Bonchev–Trinajstić information content (AvgIpc) is 2.87. The van der Waals surface area contributed by atoms with E-state index in [9.17, 15) is 4.79 Å². The molecule has 0 aliphatic carbocycles. The van der Waals surface area contributed by atoms with Crippen LogP contribution in [0.5, 0.6) is 0 Å². The van der Waals surface area contributed by atoms with Crippen LogP contribution >= 0.6 is 0 Å². The fraction of sp³-hybridized carbons (Fsp3) is 0.625. The molecule has 1 aromatic rings. The largest absolute Gasteiger partial charge is 0.465 e. The molecule has 0 radical (unpaired) electrons. The van der Waals surface area contributed by atoms with Crippen LogP contribution in [0.25, 0.3) is 0 Å². The maximum atomic E-state index is 11.3. The SMILES string of the molecule is COC(=O)c1ccc(CN2CCC(C(C)(C)C)C2)nc1. The molecule has 4 heteroatoms. The van der Waals surface area contributed by atoms with Crippen LogP contribution in [-0.4, -0.2) is 36.1 Å². The van der Waals surface area contributed by atoms with Gasteiger partial charge in [-0.1, -0.05) is 20.8 Å². The summed E-state index contributed by atoms with van der Waals surface area (Å²) < 4.78 is 4.67. The van der Waals surface area contributed by atoms with Gasteiger partial charge in [-0.2, -0.15) is 0 Å². The van der Waals surface area contributed by atoms with Crippen molar-refractivity contribution in [3.8, 4) is 0 Å². The maximum absolute atomic E-state index is 11.3. The topological polar surface area (TPSA) is 42.4 Å². The summed E-state index contributed by atoms with van der Waals surface area (Å²) in [5.41, 5.74) is 1.88. The van der Waals surface area contributed by atoms with Crippen molar-refractivity contribution in [2.75, 3.05) is 20.2 Å². The first kappa shape index (κ1) is 15.0. The van der Waals surface area contributed by atoms with Gasteiger partial charge < -0.3 is 4.74 Å². The zero-order chi connectivity index (χ0) is 14.8. The molecule has 0 spiro atoms. The third-order valence-electron chi connectivity index (χ3n) is 4.13. The number of pyridine rings is 1. The molecule has 2 rings (SSSR count). The van der Waals surface area contributed by atoms with Crippen molar-refractivity contribution in [2.45, 2.75) is 33.7 Å². The molecule has 110 valence electrons. The minimum atomic E-state index is -0.335. The molecule has 0 bridgehead atoms. The molecular weight excluding hydrogens is 252 g/mol. The molecule has 0 aromatic carbocycles. The molecule has 0 amide bonds. The van der Waals surface area contributed by atoms with E-state index in [0.717, 1.165) is 31.2 Å². The number of ether oxygens (including phenoxy) is 1. The lowest BCUT2D eigenvalue weighted by molar-refractivity contribution is 0.0600. The van der Waals surface area contributed by atoms with Crippen LogP contribution in [0.15, 0.2) is 18.3 Å². The summed E-state index contributed by atoms with van der Waals surface area (Å²) in [5, 5.41) is 0. The van der Waals surface area contributed by atoms with E-state index in [1.807, 2.05) is 6.07 Å². The van der Waals surface area contributed by atoms with Crippen molar-refractivity contribution in [2.24, 2.45) is 11.3 Å². The van der Waals surface area contributed by atoms with Crippen LogP contribution in [0.1, 0.15) is 43.2 Å². The number of nitrogens with zero attached hydrogens (tertiary/aromatic N) is 2. The van der Waals surface area contributed by atoms with E-state index in [0.29, 0.717) is 11.0 Å².